The molecule has 2 aromatic heterocycles. The van der Waals surface area contributed by atoms with E-state index in [1.807, 2.05) is 6.92 Å². The minimum Gasteiger partial charge on any atom is -0.337 e. The number of aromatic nitrogens is 4. The van der Waals surface area contributed by atoms with Crippen LogP contribution in [0.2, 0.25) is 15.2 Å². The molecule has 0 radical (unpaired) electrons. The molecule has 9 heteroatoms. The average molecular weight is 347 g/mol. The van der Waals surface area contributed by atoms with Gasteiger partial charge in [-0.2, -0.15) is 8.75 Å². The molecule has 0 saturated carbocycles. The Labute approximate surface area is 133 Å². The maximum atomic E-state index is 6.22. The van der Waals surface area contributed by atoms with Gasteiger partial charge >= 0.3 is 0 Å². The van der Waals surface area contributed by atoms with Gasteiger partial charge < -0.3 is 5.32 Å². The molecule has 0 aliphatic carbocycles. The van der Waals surface area contributed by atoms with Crippen LogP contribution in [0, 0.1) is 6.92 Å². The summed E-state index contributed by atoms with van der Waals surface area (Å²) >= 11 is 19.3. The van der Waals surface area contributed by atoms with E-state index in [-0.39, 0.29) is 0 Å². The van der Waals surface area contributed by atoms with Crippen LogP contribution >= 0.6 is 46.5 Å². The van der Waals surface area contributed by atoms with E-state index in [0.29, 0.717) is 37.7 Å². The molecule has 0 bridgehead atoms. The first kappa shape index (κ1) is 13.8. The summed E-state index contributed by atoms with van der Waals surface area (Å²) in [7, 11) is 0. The van der Waals surface area contributed by atoms with Gasteiger partial charge in [-0.3, -0.25) is 0 Å². The van der Waals surface area contributed by atoms with Gasteiger partial charge in [-0.05, 0) is 13.0 Å². The zero-order chi connectivity index (χ0) is 14.3. The van der Waals surface area contributed by atoms with Crippen LogP contribution in [-0.4, -0.2) is 18.7 Å². The van der Waals surface area contributed by atoms with Gasteiger partial charge in [-0.15, -0.1) is 0 Å². The molecule has 0 atom stereocenters. The van der Waals surface area contributed by atoms with Gasteiger partial charge in [-0.1, -0.05) is 34.8 Å². The van der Waals surface area contributed by atoms with Crippen molar-refractivity contribution in [3.05, 3.63) is 33.2 Å². The molecule has 0 amide bonds. The standard InChI is InChI=1S/C11H6Cl3N5S/c1-4-10(14)15-3-16-11(4)17-7-5(12)2-6(13)8-9(7)19-20-18-8/h2-3H,1H3,(H,15,16,17). The molecule has 0 aliphatic heterocycles. The minimum absolute atomic E-state index is 0.375. The van der Waals surface area contributed by atoms with Crippen molar-refractivity contribution in [2.24, 2.45) is 0 Å². The molecule has 1 aromatic carbocycles. The van der Waals surface area contributed by atoms with Crippen LogP contribution in [0.5, 0.6) is 0 Å². The van der Waals surface area contributed by atoms with Crippen molar-refractivity contribution in [3.63, 3.8) is 0 Å². The SMILES string of the molecule is Cc1c(Cl)ncnc1Nc1c(Cl)cc(Cl)c2nsnc12. The Balaban J connectivity index is 2.16. The molecule has 1 N–H and O–H groups in total. The lowest BCUT2D eigenvalue weighted by molar-refractivity contribution is 1.13. The van der Waals surface area contributed by atoms with E-state index in [1.165, 1.54) is 6.33 Å². The molecular formula is C11H6Cl3N5S. The van der Waals surface area contributed by atoms with Crippen molar-refractivity contribution < 1.29 is 0 Å². The first-order chi connectivity index (χ1) is 9.58. The normalized spacial score (nSPS) is 11.0. The van der Waals surface area contributed by atoms with Gasteiger partial charge in [0.2, 0.25) is 0 Å². The zero-order valence-electron chi connectivity index (χ0n) is 9.99. The number of halogens is 3. The molecular weight excluding hydrogens is 341 g/mol. The predicted octanol–water partition coefficient (Wildman–Crippen LogP) is 4.49. The smallest absolute Gasteiger partial charge is 0.138 e. The first-order valence-electron chi connectivity index (χ1n) is 5.42. The summed E-state index contributed by atoms with van der Waals surface area (Å²) < 4.78 is 8.35. The number of hydrogen-bond acceptors (Lipinski definition) is 6. The molecule has 0 saturated heterocycles. The van der Waals surface area contributed by atoms with Gasteiger partial charge in [-0.25, -0.2) is 9.97 Å². The third-order valence-electron chi connectivity index (χ3n) is 2.71. The highest BCUT2D eigenvalue weighted by molar-refractivity contribution is 7.00. The summed E-state index contributed by atoms with van der Waals surface area (Å²) in [5, 5.41) is 4.39. The third-order valence-corrected chi connectivity index (χ3v) is 4.21. The summed E-state index contributed by atoms with van der Waals surface area (Å²) in [5.41, 5.74) is 2.51. The lowest BCUT2D eigenvalue weighted by Gasteiger charge is -2.11. The number of fused-ring (bicyclic) bond motifs is 1. The third kappa shape index (κ3) is 2.29. The Morgan fingerprint density at radius 3 is 2.60 bits per heavy atom. The second-order valence-electron chi connectivity index (χ2n) is 3.94. The van der Waals surface area contributed by atoms with E-state index in [1.54, 1.807) is 6.07 Å². The molecule has 2 heterocycles. The number of benzene rings is 1. The van der Waals surface area contributed by atoms with Crippen LogP contribution in [0.1, 0.15) is 5.56 Å². The van der Waals surface area contributed by atoms with Gasteiger partial charge in [0, 0.05) is 5.56 Å². The highest BCUT2D eigenvalue weighted by Gasteiger charge is 2.16. The topological polar surface area (TPSA) is 63.6 Å². The monoisotopic (exact) mass is 345 g/mol. The summed E-state index contributed by atoms with van der Waals surface area (Å²) in [6.45, 7) is 1.81. The van der Waals surface area contributed by atoms with Crippen LogP contribution in [0.25, 0.3) is 11.0 Å². The van der Waals surface area contributed by atoms with Crippen molar-refractivity contribution in [1.82, 2.24) is 18.7 Å². The van der Waals surface area contributed by atoms with E-state index in [2.05, 4.69) is 24.0 Å². The van der Waals surface area contributed by atoms with E-state index < -0.39 is 0 Å². The number of rotatable bonds is 2. The fourth-order valence-corrected chi connectivity index (χ4v) is 2.96. The lowest BCUT2D eigenvalue weighted by Crippen LogP contribution is -1.99. The lowest BCUT2D eigenvalue weighted by atomic mass is 10.2. The van der Waals surface area contributed by atoms with Crippen molar-refractivity contribution >= 4 is 69.1 Å². The Morgan fingerprint density at radius 2 is 1.80 bits per heavy atom. The quantitative estimate of drug-likeness (QED) is 0.692. The van der Waals surface area contributed by atoms with E-state index in [9.17, 15) is 0 Å². The fraction of sp³-hybridized carbons (Fsp3) is 0.0909. The summed E-state index contributed by atoms with van der Waals surface area (Å²) in [5.74, 6) is 0.559. The summed E-state index contributed by atoms with van der Waals surface area (Å²) in [6, 6.07) is 1.62. The minimum atomic E-state index is 0.375. The Morgan fingerprint density at radius 1 is 1.05 bits per heavy atom. The Bertz CT molecular complexity index is 804. The summed E-state index contributed by atoms with van der Waals surface area (Å²) in [6.07, 6.45) is 1.37. The van der Waals surface area contributed by atoms with Crippen molar-refractivity contribution in [1.29, 1.82) is 0 Å². The number of anilines is 2. The molecule has 0 spiro atoms. The van der Waals surface area contributed by atoms with Crippen molar-refractivity contribution in [2.45, 2.75) is 6.92 Å². The number of hydrogen-bond donors (Lipinski definition) is 1. The zero-order valence-corrected chi connectivity index (χ0v) is 13.1. The van der Waals surface area contributed by atoms with Crippen LogP contribution in [0.4, 0.5) is 11.5 Å². The van der Waals surface area contributed by atoms with Gasteiger partial charge in [0.15, 0.2) is 0 Å². The average Bonchev–Trinajstić information content (AvgIpc) is 2.89. The summed E-state index contributed by atoms with van der Waals surface area (Å²) in [4.78, 5) is 8.05. The molecule has 20 heavy (non-hydrogen) atoms. The maximum absolute atomic E-state index is 6.22. The van der Waals surface area contributed by atoms with Crippen molar-refractivity contribution in [2.75, 3.05) is 5.32 Å². The molecule has 3 aromatic rings. The fourth-order valence-electron chi connectivity index (χ4n) is 1.67. The molecule has 102 valence electrons. The van der Waals surface area contributed by atoms with Crippen LogP contribution in [-0.2, 0) is 0 Å². The highest BCUT2D eigenvalue weighted by atomic mass is 35.5. The molecule has 0 aliphatic rings. The largest absolute Gasteiger partial charge is 0.337 e. The number of nitrogens with one attached hydrogen (secondary N) is 1. The number of nitrogens with zero attached hydrogens (tertiary/aromatic N) is 4. The van der Waals surface area contributed by atoms with E-state index >= 15 is 0 Å². The van der Waals surface area contributed by atoms with Gasteiger partial charge in [0.05, 0.1) is 27.5 Å². The predicted molar refractivity (Wildman–Crippen MR) is 82.5 cm³/mol. The van der Waals surface area contributed by atoms with Crippen molar-refractivity contribution in [3.8, 4) is 0 Å². The van der Waals surface area contributed by atoms with Crippen LogP contribution in [0.15, 0.2) is 12.4 Å². The van der Waals surface area contributed by atoms with Gasteiger partial charge in [0.1, 0.15) is 28.3 Å². The Kier molecular flexibility index (Phi) is 3.64. The van der Waals surface area contributed by atoms with E-state index in [0.717, 1.165) is 17.3 Å². The molecule has 0 unspecified atom stereocenters. The highest BCUT2D eigenvalue weighted by Crippen LogP contribution is 2.37. The van der Waals surface area contributed by atoms with Crippen LogP contribution in [0.3, 0.4) is 0 Å². The van der Waals surface area contributed by atoms with Crippen LogP contribution < -0.4 is 5.32 Å². The molecule has 3 rings (SSSR count). The second-order valence-corrected chi connectivity index (χ2v) is 5.64. The Hall–Kier alpha value is -1.21. The molecule has 0 fully saturated rings. The molecule has 5 nitrogen and oxygen atoms in total. The first-order valence-corrected chi connectivity index (χ1v) is 7.28. The van der Waals surface area contributed by atoms with Gasteiger partial charge in [0.25, 0.3) is 0 Å². The maximum Gasteiger partial charge on any atom is 0.138 e. The van der Waals surface area contributed by atoms with E-state index in [4.69, 9.17) is 34.8 Å². The second kappa shape index (κ2) is 5.29.